The van der Waals surface area contributed by atoms with E-state index in [1.165, 1.54) is 6.07 Å². The third-order valence-corrected chi connectivity index (χ3v) is 3.07. The highest BCUT2D eigenvalue weighted by atomic mass is 79.9. The van der Waals surface area contributed by atoms with E-state index in [-0.39, 0.29) is 4.88 Å². The van der Waals surface area contributed by atoms with Crippen LogP contribution in [0.5, 0.6) is 0 Å². The van der Waals surface area contributed by atoms with Crippen molar-refractivity contribution in [3.05, 3.63) is 27.7 Å². The monoisotopic (exact) mass is 263 g/mol. The summed E-state index contributed by atoms with van der Waals surface area (Å²) in [7, 11) is 0. The van der Waals surface area contributed by atoms with E-state index in [1.807, 2.05) is 0 Å². The number of nitrogens with zero attached hydrogens (tertiary/aromatic N) is 1. The number of alkyl halides is 2. The predicted octanol–water partition coefficient (Wildman–Crippen LogP) is 4.00. The lowest BCUT2D eigenvalue weighted by Gasteiger charge is -1.87. The maximum atomic E-state index is 12.3. The second kappa shape index (κ2) is 3.31. The molecule has 0 unspecified atom stereocenters. The molecule has 0 atom stereocenters. The van der Waals surface area contributed by atoms with Crippen LogP contribution in [-0.2, 0) is 0 Å². The Bertz CT molecular complexity index is 441. The Morgan fingerprint density at radius 2 is 2.15 bits per heavy atom. The lowest BCUT2D eigenvalue weighted by molar-refractivity contribution is 0.156. The number of thiophene rings is 1. The van der Waals surface area contributed by atoms with Crippen molar-refractivity contribution >= 4 is 37.5 Å². The summed E-state index contributed by atoms with van der Waals surface area (Å²) >= 11 is 4.27. The number of aromatic nitrogens is 1. The largest absolute Gasteiger partial charge is 0.272 e. The van der Waals surface area contributed by atoms with Crippen LogP contribution < -0.4 is 0 Å². The van der Waals surface area contributed by atoms with E-state index >= 15 is 0 Å². The Hall–Kier alpha value is -0.550. The van der Waals surface area contributed by atoms with E-state index in [4.69, 9.17) is 0 Å². The average molecular weight is 264 g/mol. The number of fused-ring (bicyclic) bond motifs is 1. The molecule has 0 fully saturated rings. The molecule has 2 aromatic rings. The second-order valence-corrected chi connectivity index (χ2v) is 4.48. The van der Waals surface area contributed by atoms with Crippen molar-refractivity contribution < 1.29 is 8.78 Å². The molecule has 5 heteroatoms. The van der Waals surface area contributed by atoms with Gasteiger partial charge < -0.3 is 0 Å². The summed E-state index contributed by atoms with van der Waals surface area (Å²) in [6, 6.07) is 3.26. The van der Waals surface area contributed by atoms with Gasteiger partial charge in [0.25, 0.3) is 6.43 Å². The SMILES string of the molecule is FC(F)c1cc2cc(Br)cnc2s1. The molecule has 0 aliphatic carbocycles. The van der Waals surface area contributed by atoms with Crippen LogP contribution in [0.1, 0.15) is 11.3 Å². The summed E-state index contributed by atoms with van der Waals surface area (Å²) in [6.07, 6.45) is -0.799. The molecule has 68 valence electrons. The Morgan fingerprint density at radius 3 is 2.85 bits per heavy atom. The Balaban J connectivity index is 2.62. The minimum absolute atomic E-state index is 0.0700. The molecule has 2 aromatic heterocycles. The smallest absolute Gasteiger partial charge is 0.244 e. The van der Waals surface area contributed by atoms with Crippen LogP contribution >= 0.6 is 27.3 Å². The number of rotatable bonds is 1. The fourth-order valence-electron chi connectivity index (χ4n) is 1.03. The zero-order valence-electron chi connectivity index (χ0n) is 6.30. The molecule has 0 saturated carbocycles. The van der Waals surface area contributed by atoms with Gasteiger partial charge in [-0.05, 0) is 28.1 Å². The molecule has 0 aliphatic rings. The summed E-state index contributed by atoms with van der Waals surface area (Å²) in [6.45, 7) is 0. The Labute approximate surface area is 85.5 Å². The zero-order valence-corrected chi connectivity index (χ0v) is 8.70. The highest BCUT2D eigenvalue weighted by Gasteiger charge is 2.11. The molecule has 1 nitrogen and oxygen atoms in total. The van der Waals surface area contributed by atoms with Crippen molar-refractivity contribution in [2.24, 2.45) is 0 Å². The van der Waals surface area contributed by atoms with Crippen molar-refractivity contribution in [3.8, 4) is 0 Å². The van der Waals surface area contributed by atoms with Gasteiger partial charge in [-0.3, -0.25) is 0 Å². The average Bonchev–Trinajstić information content (AvgIpc) is 2.46. The molecular formula is C8H4BrF2NS. The van der Waals surface area contributed by atoms with Crippen molar-refractivity contribution in [2.45, 2.75) is 6.43 Å². The van der Waals surface area contributed by atoms with Gasteiger partial charge in [0.1, 0.15) is 4.83 Å². The number of hydrogen-bond donors (Lipinski definition) is 0. The van der Waals surface area contributed by atoms with Crippen molar-refractivity contribution in [2.75, 3.05) is 0 Å². The highest BCUT2D eigenvalue weighted by molar-refractivity contribution is 9.10. The van der Waals surface area contributed by atoms with Crippen LogP contribution in [-0.4, -0.2) is 4.98 Å². The quantitative estimate of drug-likeness (QED) is 0.758. The maximum Gasteiger partial charge on any atom is 0.272 e. The van der Waals surface area contributed by atoms with Crippen molar-refractivity contribution in [1.29, 1.82) is 0 Å². The van der Waals surface area contributed by atoms with Gasteiger partial charge in [0.15, 0.2) is 0 Å². The Morgan fingerprint density at radius 1 is 1.38 bits per heavy atom. The van der Waals surface area contributed by atoms with Crippen LogP contribution in [0, 0.1) is 0 Å². The van der Waals surface area contributed by atoms with Crippen molar-refractivity contribution in [3.63, 3.8) is 0 Å². The van der Waals surface area contributed by atoms with Crippen LogP contribution in [0.25, 0.3) is 10.2 Å². The first-order valence-electron chi connectivity index (χ1n) is 3.50. The second-order valence-electron chi connectivity index (χ2n) is 2.50. The van der Waals surface area contributed by atoms with Crippen molar-refractivity contribution in [1.82, 2.24) is 4.98 Å². The number of halogens is 3. The number of hydrogen-bond acceptors (Lipinski definition) is 2. The molecule has 0 aromatic carbocycles. The minimum atomic E-state index is -2.40. The van der Waals surface area contributed by atoms with Gasteiger partial charge >= 0.3 is 0 Å². The summed E-state index contributed by atoms with van der Waals surface area (Å²) in [4.78, 5) is 4.74. The van der Waals surface area contributed by atoms with E-state index in [2.05, 4.69) is 20.9 Å². The van der Waals surface area contributed by atoms with Gasteiger partial charge in [-0.2, -0.15) is 0 Å². The predicted molar refractivity (Wildman–Crippen MR) is 52.3 cm³/mol. The molecule has 0 aliphatic heterocycles. The third-order valence-electron chi connectivity index (χ3n) is 1.57. The standard InChI is InChI=1S/C8H4BrF2NS/c9-5-1-4-2-6(7(10)11)13-8(4)12-3-5/h1-3,7H. The molecule has 0 saturated heterocycles. The molecule has 13 heavy (non-hydrogen) atoms. The minimum Gasteiger partial charge on any atom is -0.244 e. The molecule has 0 amide bonds. The molecule has 2 rings (SSSR count). The van der Waals surface area contributed by atoms with Gasteiger partial charge in [0, 0.05) is 16.1 Å². The first-order chi connectivity index (χ1) is 6.16. The topological polar surface area (TPSA) is 12.9 Å². The van der Waals surface area contributed by atoms with Gasteiger partial charge in [-0.1, -0.05) is 0 Å². The molecular weight excluding hydrogens is 260 g/mol. The van der Waals surface area contributed by atoms with E-state index in [9.17, 15) is 8.78 Å². The first-order valence-corrected chi connectivity index (χ1v) is 5.11. The summed E-state index contributed by atoms with van der Waals surface area (Å²) in [5, 5.41) is 0.759. The van der Waals surface area contributed by atoms with Gasteiger partial charge in [-0.25, -0.2) is 13.8 Å². The fraction of sp³-hybridized carbons (Fsp3) is 0.125. The summed E-state index contributed by atoms with van der Waals surface area (Å²) in [5.41, 5.74) is 0. The first kappa shape index (κ1) is 9.02. The van der Waals surface area contributed by atoms with Gasteiger partial charge in [-0.15, -0.1) is 11.3 Å². The molecule has 0 spiro atoms. The lowest BCUT2D eigenvalue weighted by atomic mass is 10.3. The van der Waals surface area contributed by atoms with Gasteiger partial charge in [0.2, 0.25) is 0 Å². The van der Waals surface area contributed by atoms with Gasteiger partial charge in [0.05, 0.1) is 4.88 Å². The Kier molecular flexibility index (Phi) is 2.29. The third kappa shape index (κ3) is 1.71. The van der Waals surface area contributed by atoms with E-state index < -0.39 is 6.43 Å². The number of pyridine rings is 1. The molecule has 2 heterocycles. The summed E-state index contributed by atoms with van der Waals surface area (Å²) in [5.74, 6) is 0. The maximum absolute atomic E-state index is 12.3. The highest BCUT2D eigenvalue weighted by Crippen LogP contribution is 2.32. The van der Waals surface area contributed by atoms with Crippen LogP contribution in [0.4, 0.5) is 8.78 Å². The van der Waals surface area contributed by atoms with E-state index in [0.717, 1.165) is 21.2 Å². The van der Waals surface area contributed by atoms with E-state index in [0.29, 0.717) is 4.83 Å². The molecule has 0 bridgehead atoms. The lowest BCUT2D eigenvalue weighted by Crippen LogP contribution is -1.72. The van der Waals surface area contributed by atoms with Crippen LogP contribution in [0.2, 0.25) is 0 Å². The van der Waals surface area contributed by atoms with E-state index in [1.54, 1.807) is 12.3 Å². The van der Waals surface area contributed by atoms with Crippen LogP contribution in [0.15, 0.2) is 22.8 Å². The molecule has 0 radical (unpaired) electrons. The zero-order chi connectivity index (χ0) is 9.42. The molecule has 0 N–H and O–H groups in total. The normalized spacial score (nSPS) is 11.4. The summed E-state index contributed by atoms with van der Waals surface area (Å²) < 4.78 is 25.4. The van der Waals surface area contributed by atoms with Crippen LogP contribution in [0.3, 0.4) is 0 Å². The fourth-order valence-corrected chi connectivity index (χ4v) is 2.22.